The van der Waals surface area contributed by atoms with Gasteiger partial charge in [0.1, 0.15) is 22.3 Å². The second-order valence-corrected chi connectivity index (χ2v) is 9.87. The maximum atomic E-state index is 6.32. The number of fused-ring (bicyclic) bond motifs is 6. The SMILES string of the molecule is Clc1cccc(-c2nc(-c3ccc4c(c3)oc3ccccc34)nc(-c3ccc4c(c3)oc3ccccc34)n2)c1. The molecule has 3 aromatic heterocycles. The van der Waals surface area contributed by atoms with Gasteiger partial charge < -0.3 is 8.83 Å². The average molecular weight is 524 g/mol. The first-order valence-corrected chi connectivity index (χ1v) is 12.9. The largest absolute Gasteiger partial charge is 0.456 e. The van der Waals surface area contributed by atoms with Crippen molar-refractivity contribution in [2.24, 2.45) is 0 Å². The lowest BCUT2D eigenvalue weighted by molar-refractivity contribution is 0.668. The lowest BCUT2D eigenvalue weighted by atomic mass is 10.1. The van der Waals surface area contributed by atoms with Crippen LogP contribution in [0.4, 0.5) is 0 Å². The summed E-state index contributed by atoms with van der Waals surface area (Å²) in [5, 5.41) is 4.87. The molecule has 8 aromatic rings. The summed E-state index contributed by atoms with van der Waals surface area (Å²) in [6.45, 7) is 0. The lowest BCUT2D eigenvalue weighted by Crippen LogP contribution is -2.00. The van der Waals surface area contributed by atoms with Crippen molar-refractivity contribution in [3.63, 3.8) is 0 Å². The summed E-state index contributed by atoms with van der Waals surface area (Å²) >= 11 is 6.32. The van der Waals surface area contributed by atoms with Crippen LogP contribution in [0.1, 0.15) is 0 Å². The molecule has 184 valence electrons. The molecule has 0 saturated heterocycles. The topological polar surface area (TPSA) is 65.0 Å². The van der Waals surface area contributed by atoms with Gasteiger partial charge in [0, 0.05) is 43.3 Å². The standard InChI is InChI=1S/C33H18ClN3O2/c34-22-7-5-6-19(16-22)31-35-32(20-12-14-25-23-8-1-3-10-27(23)38-29(25)17-20)37-33(36-31)21-13-15-26-24-9-2-4-11-28(24)39-30(26)18-21/h1-18H. The van der Waals surface area contributed by atoms with Gasteiger partial charge in [0.2, 0.25) is 0 Å². The fraction of sp³-hybridized carbons (Fsp3) is 0. The van der Waals surface area contributed by atoms with Gasteiger partial charge in [-0.2, -0.15) is 0 Å². The second kappa shape index (κ2) is 8.51. The first kappa shape index (κ1) is 22.0. The third kappa shape index (κ3) is 3.67. The number of nitrogens with zero attached hydrogens (tertiary/aromatic N) is 3. The van der Waals surface area contributed by atoms with Crippen LogP contribution in [0.25, 0.3) is 78.0 Å². The van der Waals surface area contributed by atoms with Gasteiger partial charge in [0.25, 0.3) is 0 Å². The molecule has 3 heterocycles. The molecule has 0 saturated carbocycles. The normalized spacial score (nSPS) is 11.7. The quantitative estimate of drug-likeness (QED) is 0.231. The van der Waals surface area contributed by atoms with Gasteiger partial charge in [-0.15, -0.1) is 0 Å². The smallest absolute Gasteiger partial charge is 0.164 e. The van der Waals surface area contributed by atoms with Crippen molar-refractivity contribution < 1.29 is 8.83 Å². The Labute approximate surface area is 227 Å². The molecule has 5 aromatic carbocycles. The van der Waals surface area contributed by atoms with Gasteiger partial charge in [0.15, 0.2) is 17.5 Å². The van der Waals surface area contributed by atoms with Crippen molar-refractivity contribution >= 4 is 55.5 Å². The van der Waals surface area contributed by atoms with Crippen molar-refractivity contribution in [3.05, 3.63) is 114 Å². The highest BCUT2D eigenvalue weighted by molar-refractivity contribution is 6.30. The summed E-state index contributed by atoms with van der Waals surface area (Å²) in [6, 6.07) is 35.7. The Morgan fingerprint density at radius 2 is 0.872 bits per heavy atom. The molecule has 0 N–H and O–H groups in total. The molecular weight excluding hydrogens is 506 g/mol. The molecule has 0 atom stereocenters. The summed E-state index contributed by atoms with van der Waals surface area (Å²) in [5.74, 6) is 1.62. The minimum atomic E-state index is 0.534. The zero-order valence-electron chi connectivity index (χ0n) is 20.4. The van der Waals surface area contributed by atoms with Crippen LogP contribution in [-0.4, -0.2) is 15.0 Å². The van der Waals surface area contributed by atoms with E-state index in [1.165, 1.54) is 0 Å². The van der Waals surface area contributed by atoms with Crippen LogP contribution in [0.15, 0.2) is 118 Å². The molecule has 0 bridgehead atoms. The number of hydrogen-bond donors (Lipinski definition) is 0. The van der Waals surface area contributed by atoms with Gasteiger partial charge in [-0.3, -0.25) is 0 Å². The Morgan fingerprint density at radius 3 is 1.38 bits per heavy atom. The van der Waals surface area contributed by atoms with E-state index < -0.39 is 0 Å². The van der Waals surface area contributed by atoms with Crippen LogP contribution in [0, 0.1) is 0 Å². The molecule has 5 nitrogen and oxygen atoms in total. The van der Waals surface area contributed by atoms with Crippen molar-refractivity contribution in [1.82, 2.24) is 15.0 Å². The Bertz CT molecular complexity index is 2080. The van der Waals surface area contributed by atoms with E-state index in [9.17, 15) is 0 Å². The second-order valence-electron chi connectivity index (χ2n) is 9.43. The highest BCUT2D eigenvalue weighted by Crippen LogP contribution is 2.34. The van der Waals surface area contributed by atoms with E-state index in [1.807, 2.05) is 84.9 Å². The summed E-state index contributed by atoms with van der Waals surface area (Å²) < 4.78 is 12.3. The molecule has 0 aliphatic heterocycles. The first-order valence-electron chi connectivity index (χ1n) is 12.5. The fourth-order valence-electron chi connectivity index (χ4n) is 5.12. The van der Waals surface area contributed by atoms with Crippen LogP contribution in [0.5, 0.6) is 0 Å². The molecule has 8 rings (SSSR count). The van der Waals surface area contributed by atoms with Crippen LogP contribution < -0.4 is 0 Å². The predicted molar refractivity (Wildman–Crippen MR) is 156 cm³/mol. The number of rotatable bonds is 3. The summed E-state index contributed by atoms with van der Waals surface area (Å²) in [5.41, 5.74) is 5.73. The molecule has 0 fully saturated rings. The zero-order chi connectivity index (χ0) is 25.9. The van der Waals surface area contributed by atoms with Crippen molar-refractivity contribution in [2.75, 3.05) is 0 Å². The molecule has 6 heteroatoms. The van der Waals surface area contributed by atoms with Gasteiger partial charge in [-0.1, -0.05) is 72.3 Å². The minimum Gasteiger partial charge on any atom is -0.456 e. The van der Waals surface area contributed by atoms with Crippen molar-refractivity contribution in [1.29, 1.82) is 0 Å². The Balaban J connectivity index is 1.33. The molecule has 39 heavy (non-hydrogen) atoms. The number of para-hydroxylation sites is 2. The predicted octanol–water partition coefficient (Wildman–Crippen LogP) is 9.32. The van der Waals surface area contributed by atoms with E-state index >= 15 is 0 Å². The lowest BCUT2D eigenvalue weighted by Gasteiger charge is -2.09. The monoisotopic (exact) mass is 523 g/mol. The third-order valence-electron chi connectivity index (χ3n) is 6.99. The van der Waals surface area contributed by atoms with Crippen LogP contribution in [0.3, 0.4) is 0 Å². The molecule has 0 radical (unpaired) electrons. The molecular formula is C33H18ClN3O2. The van der Waals surface area contributed by atoms with E-state index in [1.54, 1.807) is 0 Å². The summed E-state index contributed by atoms with van der Waals surface area (Å²) in [6.07, 6.45) is 0. The van der Waals surface area contributed by atoms with Crippen molar-refractivity contribution in [3.8, 4) is 34.2 Å². The highest BCUT2D eigenvalue weighted by Gasteiger charge is 2.16. The third-order valence-corrected chi connectivity index (χ3v) is 7.23. The van der Waals surface area contributed by atoms with E-state index in [4.69, 9.17) is 35.4 Å². The van der Waals surface area contributed by atoms with Crippen LogP contribution in [-0.2, 0) is 0 Å². The molecule has 0 amide bonds. The molecule has 0 aliphatic rings. The first-order chi connectivity index (χ1) is 19.2. The number of benzene rings is 5. The molecule has 0 spiro atoms. The van der Waals surface area contributed by atoms with Gasteiger partial charge in [0.05, 0.1) is 0 Å². The van der Waals surface area contributed by atoms with Gasteiger partial charge in [-0.25, -0.2) is 15.0 Å². The number of furan rings is 2. The Morgan fingerprint density at radius 1 is 0.410 bits per heavy atom. The van der Waals surface area contributed by atoms with Gasteiger partial charge >= 0.3 is 0 Å². The maximum Gasteiger partial charge on any atom is 0.164 e. The van der Waals surface area contributed by atoms with E-state index in [-0.39, 0.29) is 0 Å². The van der Waals surface area contributed by atoms with Gasteiger partial charge in [-0.05, 0) is 48.5 Å². The van der Waals surface area contributed by atoms with Crippen LogP contribution in [0.2, 0.25) is 5.02 Å². The van der Waals surface area contributed by atoms with E-state index in [0.29, 0.717) is 22.5 Å². The molecule has 0 aliphatic carbocycles. The molecule has 0 unspecified atom stereocenters. The minimum absolute atomic E-state index is 0.534. The van der Waals surface area contributed by atoms with E-state index in [2.05, 4.69) is 24.3 Å². The Kier molecular flexibility index (Phi) is 4.81. The number of hydrogen-bond acceptors (Lipinski definition) is 5. The average Bonchev–Trinajstić information content (AvgIpc) is 3.54. The van der Waals surface area contributed by atoms with Crippen molar-refractivity contribution in [2.45, 2.75) is 0 Å². The maximum absolute atomic E-state index is 6.32. The fourth-order valence-corrected chi connectivity index (χ4v) is 5.31. The zero-order valence-corrected chi connectivity index (χ0v) is 21.2. The highest BCUT2D eigenvalue weighted by atomic mass is 35.5. The summed E-state index contributed by atoms with van der Waals surface area (Å²) in [4.78, 5) is 14.6. The van der Waals surface area contributed by atoms with E-state index in [0.717, 1.165) is 60.6 Å². The Hall–Kier alpha value is -5.00. The van der Waals surface area contributed by atoms with Crippen LogP contribution >= 0.6 is 11.6 Å². The summed E-state index contributed by atoms with van der Waals surface area (Å²) in [7, 11) is 0. The number of aromatic nitrogens is 3. The number of halogens is 1.